The SMILES string of the molecule is CC(c1ccc(F)cc1)N(C)C(=O)c1cccc(N)c1Br. The Morgan fingerprint density at radius 3 is 2.48 bits per heavy atom. The van der Waals surface area contributed by atoms with Gasteiger partial charge in [0.25, 0.3) is 5.91 Å². The van der Waals surface area contributed by atoms with Crippen LogP contribution in [0.15, 0.2) is 46.9 Å². The highest BCUT2D eigenvalue weighted by Crippen LogP contribution is 2.27. The number of halogens is 2. The fourth-order valence-corrected chi connectivity index (χ4v) is 2.48. The summed E-state index contributed by atoms with van der Waals surface area (Å²) in [4.78, 5) is 14.2. The minimum Gasteiger partial charge on any atom is -0.398 e. The lowest BCUT2D eigenvalue weighted by Gasteiger charge is -2.26. The molecule has 0 aliphatic carbocycles. The first-order valence-electron chi connectivity index (χ1n) is 6.48. The summed E-state index contributed by atoms with van der Waals surface area (Å²) in [6.45, 7) is 1.89. The molecule has 1 atom stereocenters. The first-order valence-corrected chi connectivity index (χ1v) is 7.27. The molecular formula is C16H16BrFN2O. The molecule has 0 spiro atoms. The second-order valence-electron chi connectivity index (χ2n) is 4.85. The zero-order valence-corrected chi connectivity index (χ0v) is 13.4. The molecule has 110 valence electrons. The summed E-state index contributed by atoms with van der Waals surface area (Å²) in [7, 11) is 1.71. The zero-order valence-electron chi connectivity index (χ0n) is 11.8. The molecule has 1 unspecified atom stereocenters. The summed E-state index contributed by atoms with van der Waals surface area (Å²) in [6.07, 6.45) is 0. The normalized spacial score (nSPS) is 12.0. The molecule has 0 heterocycles. The van der Waals surface area contributed by atoms with Crippen LogP contribution in [-0.2, 0) is 0 Å². The number of hydrogen-bond donors (Lipinski definition) is 1. The van der Waals surface area contributed by atoms with E-state index in [9.17, 15) is 9.18 Å². The number of amides is 1. The van der Waals surface area contributed by atoms with Crippen LogP contribution in [0.1, 0.15) is 28.9 Å². The number of carbonyl (C=O) groups excluding carboxylic acids is 1. The van der Waals surface area contributed by atoms with Gasteiger partial charge in [-0.2, -0.15) is 0 Å². The lowest BCUT2D eigenvalue weighted by Crippen LogP contribution is -2.30. The van der Waals surface area contributed by atoms with Crippen molar-refractivity contribution in [2.75, 3.05) is 12.8 Å². The molecule has 0 bridgehead atoms. The number of nitrogens with two attached hydrogens (primary N) is 1. The van der Waals surface area contributed by atoms with Crippen molar-refractivity contribution in [1.29, 1.82) is 0 Å². The Hall–Kier alpha value is -1.88. The molecule has 2 rings (SSSR count). The van der Waals surface area contributed by atoms with E-state index >= 15 is 0 Å². The van der Waals surface area contributed by atoms with Crippen LogP contribution in [0.5, 0.6) is 0 Å². The molecule has 2 aromatic carbocycles. The van der Waals surface area contributed by atoms with Gasteiger partial charge in [-0.1, -0.05) is 18.2 Å². The van der Waals surface area contributed by atoms with Gasteiger partial charge in [-0.25, -0.2) is 4.39 Å². The standard InChI is InChI=1S/C16H16BrFN2O/c1-10(11-6-8-12(18)9-7-11)20(2)16(21)13-4-3-5-14(19)15(13)17/h3-10H,19H2,1-2H3. The predicted molar refractivity (Wildman–Crippen MR) is 85.5 cm³/mol. The van der Waals surface area contributed by atoms with Gasteiger partial charge in [0, 0.05) is 12.7 Å². The third-order valence-electron chi connectivity index (χ3n) is 3.51. The van der Waals surface area contributed by atoms with E-state index in [-0.39, 0.29) is 17.8 Å². The number of anilines is 1. The van der Waals surface area contributed by atoms with Crippen molar-refractivity contribution >= 4 is 27.5 Å². The van der Waals surface area contributed by atoms with Gasteiger partial charge in [0.1, 0.15) is 5.82 Å². The third-order valence-corrected chi connectivity index (χ3v) is 4.40. The second-order valence-corrected chi connectivity index (χ2v) is 5.65. The van der Waals surface area contributed by atoms with Gasteiger partial charge in [-0.3, -0.25) is 4.79 Å². The molecule has 0 saturated carbocycles. The van der Waals surface area contributed by atoms with Crippen molar-refractivity contribution < 1.29 is 9.18 Å². The molecule has 0 fully saturated rings. The molecule has 2 N–H and O–H groups in total. The highest BCUT2D eigenvalue weighted by Gasteiger charge is 2.21. The second kappa shape index (κ2) is 6.26. The Labute approximate surface area is 131 Å². The quantitative estimate of drug-likeness (QED) is 0.850. The number of nitrogens with zero attached hydrogens (tertiary/aromatic N) is 1. The summed E-state index contributed by atoms with van der Waals surface area (Å²) >= 11 is 3.34. The highest BCUT2D eigenvalue weighted by atomic mass is 79.9. The molecule has 21 heavy (non-hydrogen) atoms. The van der Waals surface area contributed by atoms with Gasteiger partial charge in [-0.15, -0.1) is 0 Å². The maximum Gasteiger partial charge on any atom is 0.255 e. The van der Waals surface area contributed by atoms with Crippen LogP contribution in [0.4, 0.5) is 10.1 Å². The zero-order chi connectivity index (χ0) is 15.6. The van der Waals surface area contributed by atoms with Crippen molar-refractivity contribution in [3.05, 3.63) is 63.9 Å². The molecule has 2 aromatic rings. The minimum atomic E-state index is -0.293. The molecule has 5 heteroatoms. The Balaban J connectivity index is 2.26. The summed E-state index contributed by atoms with van der Waals surface area (Å²) in [6, 6.07) is 11.1. The Bertz CT molecular complexity index is 658. The fourth-order valence-electron chi connectivity index (χ4n) is 2.05. The first kappa shape index (κ1) is 15.5. The average molecular weight is 351 g/mol. The first-order chi connectivity index (χ1) is 9.91. The number of nitrogen functional groups attached to an aromatic ring is 1. The summed E-state index contributed by atoms with van der Waals surface area (Å²) in [5, 5.41) is 0. The van der Waals surface area contributed by atoms with E-state index in [2.05, 4.69) is 15.9 Å². The maximum atomic E-state index is 13.0. The minimum absolute atomic E-state index is 0.147. The van der Waals surface area contributed by atoms with Crippen LogP contribution >= 0.6 is 15.9 Å². The maximum absolute atomic E-state index is 13.0. The van der Waals surface area contributed by atoms with E-state index in [1.807, 2.05) is 6.92 Å². The van der Waals surface area contributed by atoms with Crippen LogP contribution < -0.4 is 5.73 Å². The van der Waals surface area contributed by atoms with Crippen LogP contribution in [-0.4, -0.2) is 17.9 Å². The molecule has 0 aliphatic rings. The molecular weight excluding hydrogens is 335 g/mol. The molecule has 0 radical (unpaired) electrons. The van der Waals surface area contributed by atoms with Crippen molar-refractivity contribution in [2.24, 2.45) is 0 Å². The molecule has 0 aliphatic heterocycles. The third kappa shape index (κ3) is 3.24. The van der Waals surface area contributed by atoms with E-state index in [1.54, 1.807) is 42.3 Å². The lowest BCUT2D eigenvalue weighted by atomic mass is 10.1. The lowest BCUT2D eigenvalue weighted by molar-refractivity contribution is 0.0742. The van der Waals surface area contributed by atoms with E-state index in [1.165, 1.54) is 12.1 Å². The van der Waals surface area contributed by atoms with Crippen molar-refractivity contribution in [2.45, 2.75) is 13.0 Å². The van der Waals surface area contributed by atoms with Gasteiger partial charge in [0.2, 0.25) is 0 Å². The average Bonchev–Trinajstić information content (AvgIpc) is 2.48. The van der Waals surface area contributed by atoms with Crippen molar-refractivity contribution in [3.63, 3.8) is 0 Å². The highest BCUT2D eigenvalue weighted by molar-refractivity contribution is 9.10. The largest absolute Gasteiger partial charge is 0.398 e. The number of benzene rings is 2. The van der Waals surface area contributed by atoms with Crippen LogP contribution in [0, 0.1) is 5.82 Å². The smallest absolute Gasteiger partial charge is 0.255 e. The Morgan fingerprint density at radius 2 is 1.86 bits per heavy atom. The topological polar surface area (TPSA) is 46.3 Å². The molecule has 3 nitrogen and oxygen atoms in total. The summed E-state index contributed by atoms with van der Waals surface area (Å²) in [5.41, 5.74) is 7.69. The summed E-state index contributed by atoms with van der Waals surface area (Å²) in [5.74, 6) is -0.440. The monoisotopic (exact) mass is 350 g/mol. The van der Waals surface area contributed by atoms with E-state index in [4.69, 9.17) is 5.73 Å². The molecule has 0 aromatic heterocycles. The van der Waals surface area contributed by atoms with E-state index < -0.39 is 0 Å². The molecule has 0 saturated heterocycles. The van der Waals surface area contributed by atoms with E-state index in [0.717, 1.165) is 5.56 Å². The van der Waals surface area contributed by atoms with E-state index in [0.29, 0.717) is 15.7 Å². The number of hydrogen-bond acceptors (Lipinski definition) is 2. The van der Waals surface area contributed by atoms with Gasteiger partial charge >= 0.3 is 0 Å². The fraction of sp³-hybridized carbons (Fsp3) is 0.188. The Morgan fingerprint density at radius 1 is 1.24 bits per heavy atom. The molecule has 1 amide bonds. The van der Waals surface area contributed by atoms with Crippen molar-refractivity contribution in [3.8, 4) is 0 Å². The number of rotatable bonds is 3. The number of carbonyl (C=O) groups is 1. The van der Waals surface area contributed by atoms with Gasteiger partial charge < -0.3 is 10.6 Å². The van der Waals surface area contributed by atoms with Gasteiger partial charge in [0.05, 0.1) is 16.1 Å². The van der Waals surface area contributed by atoms with Crippen LogP contribution in [0.25, 0.3) is 0 Å². The van der Waals surface area contributed by atoms with Gasteiger partial charge in [-0.05, 0) is 52.7 Å². The van der Waals surface area contributed by atoms with Crippen molar-refractivity contribution in [1.82, 2.24) is 4.90 Å². The van der Waals surface area contributed by atoms with Crippen LogP contribution in [0.3, 0.4) is 0 Å². The predicted octanol–water partition coefficient (Wildman–Crippen LogP) is 4.00. The summed E-state index contributed by atoms with van der Waals surface area (Å²) < 4.78 is 13.6. The Kier molecular flexibility index (Phi) is 4.63. The van der Waals surface area contributed by atoms with Crippen LogP contribution in [0.2, 0.25) is 0 Å². The van der Waals surface area contributed by atoms with Gasteiger partial charge in [0.15, 0.2) is 0 Å².